The number of carbonyl (C=O) groups is 1. The van der Waals surface area contributed by atoms with Crippen LogP contribution in [0.25, 0.3) is 10.9 Å². The molecule has 0 radical (unpaired) electrons. The summed E-state index contributed by atoms with van der Waals surface area (Å²) in [5.74, 6) is -0.300. The van der Waals surface area contributed by atoms with E-state index in [9.17, 15) is 31.1 Å². The van der Waals surface area contributed by atoms with Gasteiger partial charge in [0.25, 0.3) is 0 Å². The molecule has 0 spiro atoms. The molecule has 1 aromatic heterocycles. The van der Waals surface area contributed by atoms with Gasteiger partial charge < -0.3 is 9.88 Å². The normalized spacial score (nSPS) is 15.2. The maximum Gasteiger partial charge on any atom is 0.416 e. The minimum atomic E-state index is -4.92. The molecule has 0 aliphatic carbocycles. The van der Waals surface area contributed by atoms with E-state index >= 15 is 0 Å². The highest BCUT2D eigenvalue weighted by Crippen LogP contribution is 2.36. The van der Waals surface area contributed by atoms with Gasteiger partial charge in [0.1, 0.15) is 0 Å². The number of benzene rings is 2. The Morgan fingerprint density at radius 3 is 2.16 bits per heavy atom. The van der Waals surface area contributed by atoms with E-state index in [1.807, 2.05) is 18.3 Å². The highest BCUT2D eigenvalue weighted by Gasteiger charge is 2.37. The molecule has 0 saturated carbocycles. The van der Waals surface area contributed by atoms with E-state index in [0.29, 0.717) is 43.9 Å². The zero-order valence-electron chi connectivity index (χ0n) is 19.7. The van der Waals surface area contributed by atoms with Crippen molar-refractivity contribution < 1.29 is 31.1 Å². The van der Waals surface area contributed by atoms with Gasteiger partial charge in [0.05, 0.1) is 22.8 Å². The number of halogens is 6. The van der Waals surface area contributed by atoms with Crippen molar-refractivity contribution in [1.29, 1.82) is 5.26 Å². The Balaban J connectivity index is 1.30. The van der Waals surface area contributed by atoms with Crippen molar-refractivity contribution in [2.75, 3.05) is 32.7 Å². The zero-order valence-corrected chi connectivity index (χ0v) is 19.7. The minimum Gasteiger partial charge on any atom is -0.361 e. The predicted octanol–water partition coefficient (Wildman–Crippen LogP) is 5.40. The molecule has 1 aliphatic heterocycles. The van der Waals surface area contributed by atoms with E-state index in [4.69, 9.17) is 5.26 Å². The smallest absolute Gasteiger partial charge is 0.361 e. The first kappa shape index (κ1) is 26.5. The van der Waals surface area contributed by atoms with Crippen molar-refractivity contribution in [2.24, 2.45) is 0 Å². The highest BCUT2D eigenvalue weighted by atomic mass is 19.4. The maximum absolute atomic E-state index is 13.1. The molecule has 196 valence electrons. The lowest BCUT2D eigenvalue weighted by Crippen LogP contribution is -2.49. The van der Waals surface area contributed by atoms with Crippen LogP contribution < -0.4 is 0 Å². The number of aromatic amines is 1. The van der Waals surface area contributed by atoms with Gasteiger partial charge in [-0.15, -0.1) is 0 Å². The summed E-state index contributed by atoms with van der Waals surface area (Å²) in [7, 11) is 0. The fourth-order valence-corrected chi connectivity index (χ4v) is 4.53. The molecule has 0 unspecified atom stereocenters. The summed E-state index contributed by atoms with van der Waals surface area (Å²) in [5.41, 5.74) is -0.306. The lowest BCUT2D eigenvalue weighted by Gasteiger charge is -2.34. The molecule has 1 amide bonds. The fourth-order valence-electron chi connectivity index (χ4n) is 4.53. The molecule has 4 rings (SSSR count). The second-order valence-electron chi connectivity index (χ2n) is 9.07. The van der Waals surface area contributed by atoms with Crippen LogP contribution >= 0.6 is 0 Å². The van der Waals surface area contributed by atoms with Crippen molar-refractivity contribution in [3.05, 3.63) is 70.4 Å². The largest absolute Gasteiger partial charge is 0.416 e. The molecule has 1 saturated heterocycles. The Kier molecular flexibility index (Phi) is 7.50. The second-order valence-corrected chi connectivity index (χ2v) is 9.07. The molecule has 0 atom stereocenters. The Bertz CT molecular complexity index is 1280. The molecule has 37 heavy (non-hydrogen) atoms. The average molecular weight is 522 g/mol. The van der Waals surface area contributed by atoms with Crippen LogP contribution in [0.5, 0.6) is 0 Å². The third-order valence-corrected chi connectivity index (χ3v) is 6.59. The quantitative estimate of drug-likeness (QED) is 0.442. The van der Waals surface area contributed by atoms with Crippen LogP contribution in [0.15, 0.2) is 42.6 Å². The number of carbonyl (C=O) groups excluding carboxylic acids is 1. The number of nitriles is 1. The Morgan fingerprint density at radius 1 is 0.919 bits per heavy atom. The van der Waals surface area contributed by atoms with Crippen molar-refractivity contribution in [2.45, 2.75) is 31.6 Å². The summed E-state index contributed by atoms with van der Waals surface area (Å²) < 4.78 is 78.4. The number of amides is 1. The molecule has 11 heteroatoms. The number of aromatic nitrogens is 1. The third-order valence-electron chi connectivity index (χ3n) is 6.59. The molecule has 1 aliphatic rings. The molecule has 3 aromatic rings. The van der Waals surface area contributed by atoms with E-state index in [0.717, 1.165) is 29.4 Å². The molecule has 1 N–H and O–H groups in total. The molecule has 1 fully saturated rings. The van der Waals surface area contributed by atoms with Crippen molar-refractivity contribution in [3.63, 3.8) is 0 Å². The van der Waals surface area contributed by atoms with Crippen LogP contribution in [0.1, 0.15) is 34.2 Å². The van der Waals surface area contributed by atoms with Crippen LogP contribution in [0.3, 0.4) is 0 Å². The van der Waals surface area contributed by atoms with E-state index < -0.39 is 23.5 Å². The van der Waals surface area contributed by atoms with E-state index in [2.05, 4.69) is 16.0 Å². The van der Waals surface area contributed by atoms with Gasteiger partial charge >= 0.3 is 12.4 Å². The molecular formula is C26H24F6N4O. The summed E-state index contributed by atoms with van der Waals surface area (Å²) in [6, 6.07) is 9.03. The van der Waals surface area contributed by atoms with Crippen molar-refractivity contribution in [3.8, 4) is 6.07 Å². The van der Waals surface area contributed by atoms with Gasteiger partial charge in [0.2, 0.25) is 5.91 Å². The number of nitrogens with zero attached hydrogens (tertiary/aromatic N) is 3. The summed E-state index contributed by atoms with van der Waals surface area (Å²) in [6.07, 6.45) is -7.54. The number of hydrogen-bond donors (Lipinski definition) is 1. The van der Waals surface area contributed by atoms with Gasteiger partial charge in [-0.2, -0.15) is 31.6 Å². The van der Waals surface area contributed by atoms with Crippen LogP contribution in [-0.4, -0.2) is 53.4 Å². The van der Waals surface area contributed by atoms with E-state index in [-0.39, 0.29) is 30.4 Å². The molecule has 2 heterocycles. The monoisotopic (exact) mass is 522 g/mol. The van der Waals surface area contributed by atoms with Gasteiger partial charge in [0, 0.05) is 56.2 Å². The Morgan fingerprint density at radius 2 is 1.57 bits per heavy atom. The van der Waals surface area contributed by atoms with Crippen molar-refractivity contribution >= 4 is 16.8 Å². The van der Waals surface area contributed by atoms with Crippen LogP contribution in [0.2, 0.25) is 0 Å². The number of aryl methyl sites for hydroxylation is 1. The summed E-state index contributed by atoms with van der Waals surface area (Å²) >= 11 is 0. The number of fused-ring (bicyclic) bond motifs is 1. The van der Waals surface area contributed by atoms with Gasteiger partial charge in [-0.3, -0.25) is 9.69 Å². The Hall–Kier alpha value is -3.52. The predicted molar refractivity (Wildman–Crippen MR) is 125 cm³/mol. The Labute approximate surface area is 209 Å². The minimum absolute atomic E-state index is 0.0866. The topological polar surface area (TPSA) is 63.1 Å². The molecule has 2 aromatic carbocycles. The van der Waals surface area contributed by atoms with Gasteiger partial charge in [-0.1, -0.05) is 0 Å². The summed E-state index contributed by atoms with van der Waals surface area (Å²) in [6.45, 7) is 2.83. The van der Waals surface area contributed by atoms with E-state index in [1.165, 1.54) is 0 Å². The van der Waals surface area contributed by atoms with Gasteiger partial charge in [0.15, 0.2) is 0 Å². The van der Waals surface area contributed by atoms with Gasteiger partial charge in [-0.05, 0) is 60.4 Å². The standard InChI is InChI=1S/C26H24F6N4O/c27-25(28,29)20-11-17(12-21(14-20)26(30,31)32)2-4-24(37)36-9-7-35(8-10-36)6-5-19-16-34-23-3-1-18(15-33)13-22(19)23/h1,3,11-14,16,34H,2,4-10H2. The lowest BCUT2D eigenvalue weighted by atomic mass is 10.0. The lowest BCUT2D eigenvalue weighted by molar-refractivity contribution is -0.143. The summed E-state index contributed by atoms with van der Waals surface area (Å²) in [5, 5.41) is 10.1. The maximum atomic E-state index is 13.1. The number of nitrogens with one attached hydrogen (secondary N) is 1. The van der Waals surface area contributed by atoms with E-state index in [1.54, 1.807) is 11.0 Å². The number of hydrogen-bond acceptors (Lipinski definition) is 3. The average Bonchev–Trinajstić information content (AvgIpc) is 3.27. The number of H-pyrrole nitrogens is 1. The van der Waals surface area contributed by atoms with Crippen LogP contribution in [0, 0.1) is 11.3 Å². The molecule has 5 nitrogen and oxygen atoms in total. The van der Waals surface area contributed by atoms with Gasteiger partial charge in [-0.25, -0.2) is 0 Å². The SMILES string of the molecule is N#Cc1ccc2[nH]cc(CCN3CCN(C(=O)CCc4cc(C(F)(F)F)cc(C(F)(F)F)c4)CC3)c2c1. The molecular weight excluding hydrogens is 498 g/mol. The fraction of sp³-hybridized carbons (Fsp3) is 0.385. The second kappa shape index (κ2) is 10.5. The zero-order chi connectivity index (χ0) is 26.8. The van der Waals surface area contributed by atoms with Crippen LogP contribution in [0.4, 0.5) is 26.3 Å². The number of rotatable bonds is 6. The first-order valence-electron chi connectivity index (χ1n) is 11.7. The first-order valence-corrected chi connectivity index (χ1v) is 11.7. The third kappa shape index (κ3) is 6.43. The number of piperazine rings is 1. The molecule has 0 bridgehead atoms. The first-order chi connectivity index (χ1) is 17.4. The van der Waals surface area contributed by atoms with Crippen molar-refractivity contribution in [1.82, 2.24) is 14.8 Å². The highest BCUT2D eigenvalue weighted by molar-refractivity contribution is 5.84. The van der Waals surface area contributed by atoms with Crippen LogP contribution in [-0.2, 0) is 30.0 Å². The number of alkyl halides is 6. The summed E-state index contributed by atoms with van der Waals surface area (Å²) in [4.78, 5) is 19.6.